The van der Waals surface area contributed by atoms with Crippen molar-refractivity contribution in [3.05, 3.63) is 36.0 Å². The standard InChI is InChI=1S/C24H35N3O4/c1-3-5-9-15-27(16-10-6-4-2)24(31)20(13-14-22(28)29)26-23(30)21-17-18-11-7-8-12-19(18)25-21/h7-8,11-12,17,20,25H,3-6,9-10,13-16H2,1-2H3,(H,26,30)(H,28,29)/t20-/m1/s1. The molecule has 2 rings (SSSR count). The van der Waals surface area contributed by atoms with Gasteiger partial charge in [-0.15, -0.1) is 0 Å². The largest absolute Gasteiger partial charge is 0.481 e. The van der Waals surface area contributed by atoms with Gasteiger partial charge in [0.2, 0.25) is 5.91 Å². The molecule has 0 bridgehead atoms. The number of aliphatic carboxylic acids is 1. The normalized spacial score (nSPS) is 11.9. The molecule has 0 saturated carbocycles. The molecule has 1 aromatic heterocycles. The van der Waals surface area contributed by atoms with E-state index in [0.717, 1.165) is 49.4 Å². The molecule has 2 aromatic rings. The summed E-state index contributed by atoms with van der Waals surface area (Å²) in [6.45, 7) is 5.48. The number of para-hydroxylation sites is 1. The first-order valence-corrected chi connectivity index (χ1v) is 11.4. The third-order valence-corrected chi connectivity index (χ3v) is 5.40. The molecule has 7 heteroatoms. The number of nitrogens with zero attached hydrogens (tertiary/aromatic N) is 1. The predicted molar refractivity (Wildman–Crippen MR) is 122 cm³/mol. The molecule has 0 radical (unpaired) electrons. The summed E-state index contributed by atoms with van der Waals surface area (Å²) in [4.78, 5) is 42.2. The summed E-state index contributed by atoms with van der Waals surface area (Å²) in [6.07, 6.45) is 5.84. The van der Waals surface area contributed by atoms with Crippen molar-refractivity contribution in [3.63, 3.8) is 0 Å². The highest BCUT2D eigenvalue weighted by molar-refractivity contribution is 6.00. The maximum absolute atomic E-state index is 13.3. The fourth-order valence-electron chi connectivity index (χ4n) is 3.61. The number of fused-ring (bicyclic) bond motifs is 1. The van der Waals surface area contributed by atoms with Crippen molar-refractivity contribution in [3.8, 4) is 0 Å². The number of carboxylic acid groups (broad SMARTS) is 1. The van der Waals surface area contributed by atoms with Gasteiger partial charge in [-0.3, -0.25) is 14.4 Å². The van der Waals surface area contributed by atoms with Gasteiger partial charge in [-0.05, 0) is 31.4 Å². The van der Waals surface area contributed by atoms with Crippen molar-refractivity contribution in [1.29, 1.82) is 0 Å². The Morgan fingerprint density at radius 1 is 1.03 bits per heavy atom. The van der Waals surface area contributed by atoms with Crippen LogP contribution in [0.15, 0.2) is 30.3 Å². The molecule has 0 aliphatic rings. The van der Waals surface area contributed by atoms with Crippen LogP contribution < -0.4 is 5.32 Å². The minimum atomic E-state index is -0.985. The van der Waals surface area contributed by atoms with Gasteiger partial charge in [0.15, 0.2) is 0 Å². The van der Waals surface area contributed by atoms with Gasteiger partial charge >= 0.3 is 5.97 Å². The molecule has 2 amide bonds. The highest BCUT2D eigenvalue weighted by atomic mass is 16.4. The zero-order valence-electron chi connectivity index (χ0n) is 18.7. The maximum Gasteiger partial charge on any atom is 0.303 e. The summed E-state index contributed by atoms with van der Waals surface area (Å²) < 4.78 is 0. The number of carboxylic acids is 1. The van der Waals surface area contributed by atoms with Gasteiger partial charge in [-0.25, -0.2) is 0 Å². The van der Waals surface area contributed by atoms with E-state index < -0.39 is 17.9 Å². The van der Waals surface area contributed by atoms with Crippen LogP contribution in [0.25, 0.3) is 10.9 Å². The molecule has 0 spiro atoms. The average Bonchev–Trinajstić information content (AvgIpc) is 3.19. The third-order valence-electron chi connectivity index (χ3n) is 5.40. The van der Waals surface area contributed by atoms with E-state index in [2.05, 4.69) is 24.1 Å². The number of nitrogens with one attached hydrogen (secondary N) is 2. The molecule has 1 aromatic carbocycles. The van der Waals surface area contributed by atoms with Crippen molar-refractivity contribution in [2.75, 3.05) is 13.1 Å². The Balaban J connectivity index is 2.15. The molecule has 1 atom stereocenters. The summed E-state index contributed by atoms with van der Waals surface area (Å²) in [5.74, 6) is -1.58. The predicted octanol–water partition coefficient (Wildman–Crippen LogP) is 4.34. The summed E-state index contributed by atoms with van der Waals surface area (Å²) in [5.41, 5.74) is 1.19. The Kier molecular flexibility index (Phi) is 10.1. The fourth-order valence-corrected chi connectivity index (χ4v) is 3.61. The van der Waals surface area contributed by atoms with E-state index >= 15 is 0 Å². The van der Waals surface area contributed by atoms with E-state index in [9.17, 15) is 14.4 Å². The van der Waals surface area contributed by atoms with Crippen LogP contribution >= 0.6 is 0 Å². The summed E-state index contributed by atoms with van der Waals surface area (Å²) >= 11 is 0. The number of hydrogen-bond acceptors (Lipinski definition) is 3. The second-order valence-corrected chi connectivity index (χ2v) is 7.97. The van der Waals surface area contributed by atoms with E-state index in [1.807, 2.05) is 24.3 Å². The number of carbonyl (C=O) groups excluding carboxylic acids is 2. The van der Waals surface area contributed by atoms with Crippen LogP contribution in [0.3, 0.4) is 0 Å². The molecular weight excluding hydrogens is 394 g/mol. The quantitative estimate of drug-likeness (QED) is 0.389. The first-order chi connectivity index (χ1) is 15.0. The van der Waals surface area contributed by atoms with Gasteiger partial charge in [0.1, 0.15) is 11.7 Å². The monoisotopic (exact) mass is 429 g/mol. The number of amides is 2. The number of benzene rings is 1. The number of unbranched alkanes of at least 4 members (excludes halogenated alkanes) is 4. The molecule has 170 valence electrons. The Bertz CT molecular complexity index is 818. The lowest BCUT2D eigenvalue weighted by molar-refractivity contribution is -0.138. The minimum absolute atomic E-state index is 0.0676. The third kappa shape index (κ3) is 7.74. The topological polar surface area (TPSA) is 102 Å². The van der Waals surface area contributed by atoms with Gasteiger partial charge in [-0.1, -0.05) is 57.7 Å². The number of aromatic amines is 1. The molecule has 0 aliphatic heterocycles. The summed E-state index contributed by atoms with van der Waals surface area (Å²) in [6, 6.07) is 8.43. The first kappa shape index (κ1) is 24.4. The van der Waals surface area contributed by atoms with Crippen LogP contribution in [0.1, 0.15) is 75.7 Å². The Morgan fingerprint density at radius 3 is 2.26 bits per heavy atom. The van der Waals surface area contributed by atoms with Crippen molar-refractivity contribution in [1.82, 2.24) is 15.2 Å². The smallest absolute Gasteiger partial charge is 0.303 e. The zero-order valence-corrected chi connectivity index (χ0v) is 18.7. The molecule has 0 saturated heterocycles. The Labute approximate surface area is 184 Å². The van der Waals surface area contributed by atoms with Crippen LogP contribution in [-0.2, 0) is 9.59 Å². The molecule has 0 fully saturated rings. The highest BCUT2D eigenvalue weighted by Gasteiger charge is 2.27. The second-order valence-electron chi connectivity index (χ2n) is 7.97. The van der Waals surface area contributed by atoms with Gasteiger partial charge in [0.25, 0.3) is 5.91 Å². The van der Waals surface area contributed by atoms with E-state index in [1.165, 1.54) is 0 Å². The van der Waals surface area contributed by atoms with E-state index in [4.69, 9.17) is 5.11 Å². The Morgan fingerprint density at radius 2 is 1.68 bits per heavy atom. The number of aromatic nitrogens is 1. The second kappa shape index (κ2) is 12.8. The molecule has 0 aliphatic carbocycles. The van der Waals surface area contributed by atoms with Crippen molar-refractivity contribution in [2.45, 2.75) is 71.3 Å². The van der Waals surface area contributed by atoms with Gasteiger partial charge in [-0.2, -0.15) is 0 Å². The number of H-pyrrole nitrogens is 1. The summed E-state index contributed by atoms with van der Waals surface area (Å²) in [7, 11) is 0. The lowest BCUT2D eigenvalue weighted by Gasteiger charge is -2.28. The van der Waals surface area contributed by atoms with Crippen LogP contribution in [0.2, 0.25) is 0 Å². The Hall–Kier alpha value is -2.83. The zero-order chi connectivity index (χ0) is 22.6. The fraction of sp³-hybridized carbons (Fsp3) is 0.542. The average molecular weight is 430 g/mol. The molecule has 1 heterocycles. The van der Waals surface area contributed by atoms with Crippen LogP contribution in [0.5, 0.6) is 0 Å². The molecule has 0 unspecified atom stereocenters. The van der Waals surface area contributed by atoms with Gasteiger partial charge in [0.05, 0.1) is 0 Å². The molecule has 3 N–H and O–H groups in total. The van der Waals surface area contributed by atoms with Crippen LogP contribution in [0, 0.1) is 0 Å². The first-order valence-electron chi connectivity index (χ1n) is 11.4. The minimum Gasteiger partial charge on any atom is -0.481 e. The lowest BCUT2D eigenvalue weighted by Crippen LogP contribution is -2.49. The van der Waals surface area contributed by atoms with Crippen molar-refractivity contribution < 1.29 is 19.5 Å². The van der Waals surface area contributed by atoms with Gasteiger partial charge < -0.3 is 20.3 Å². The van der Waals surface area contributed by atoms with Crippen molar-refractivity contribution >= 4 is 28.7 Å². The summed E-state index contributed by atoms with van der Waals surface area (Å²) in [5, 5.41) is 12.8. The molecule has 31 heavy (non-hydrogen) atoms. The van der Waals surface area contributed by atoms with Gasteiger partial charge in [0, 0.05) is 30.4 Å². The van der Waals surface area contributed by atoms with Crippen molar-refractivity contribution in [2.24, 2.45) is 0 Å². The molecule has 7 nitrogen and oxygen atoms in total. The van der Waals surface area contributed by atoms with E-state index in [-0.39, 0.29) is 18.7 Å². The number of carbonyl (C=O) groups is 3. The SMILES string of the molecule is CCCCCN(CCCCC)C(=O)[C@@H](CCC(=O)O)NC(=O)c1cc2ccccc2[nH]1. The lowest BCUT2D eigenvalue weighted by atomic mass is 10.1. The number of rotatable bonds is 14. The van der Waals surface area contributed by atoms with Crippen LogP contribution in [0.4, 0.5) is 0 Å². The van der Waals surface area contributed by atoms with E-state index in [1.54, 1.807) is 11.0 Å². The van der Waals surface area contributed by atoms with E-state index in [0.29, 0.717) is 18.8 Å². The maximum atomic E-state index is 13.3. The van der Waals surface area contributed by atoms with Crippen LogP contribution in [-0.4, -0.2) is 51.9 Å². The highest BCUT2D eigenvalue weighted by Crippen LogP contribution is 2.15. The number of hydrogen-bond donors (Lipinski definition) is 3. The molecular formula is C24H35N3O4.